The molecule has 6 nitrogen and oxygen atoms in total. The van der Waals surface area contributed by atoms with Crippen molar-refractivity contribution >= 4 is 44.7 Å². The molecule has 0 fully saturated rings. The predicted octanol–water partition coefficient (Wildman–Crippen LogP) is 3.79. The number of amides is 2. The van der Waals surface area contributed by atoms with Crippen LogP contribution in [0.5, 0.6) is 0 Å². The van der Waals surface area contributed by atoms with Crippen LogP contribution in [0.15, 0.2) is 30.3 Å². The summed E-state index contributed by atoms with van der Waals surface area (Å²) in [7, 11) is 1.87. The van der Waals surface area contributed by atoms with E-state index in [4.69, 9.17) is 0 Å². The number of nitrogens with zero attached hydrogens (tertiary/aromatic N) is 2. The van der Waals surface area contributed by atoms with Gasteiger partial charge in [0.25, 0.3) is 5.91 Å². The number of benzene rings is 1. The molecule has 0 spiro atoms. The number of fused-ring (bicyclic) bond motifs is 1. The molecule has 0 atom stereocenters. The largest absolute Gasteiger partial charge is 0.326 e. The maximum absolute atomic E-state index is 12.5. The third-order valence-corrected chi connectivity index (χ3v) is 5.06. The first-order valence-corrected chi connectivity index (χ1v) is 8.82. The lowest BCUT2D eigenvalue weighted by Crippen LogP contribution is -2.17. The van der Waals surface area contributed by atoms with Crippen LogP contribution >= 0.6 is 11.3 Å². The molecule has 25 heavy (non-hydrogen) atoms. The molecule has 2 heterocycles. The Hall–Kier alpha value is -2.67. The van der Waals surface area contributed by atoms with Crippen LogP contribution in [0.25, 0.3) is 10.2 Å². The van der Waals surface area contributed by atoms with Crippen molar-refractivity contribution in [2.24, 2.45) is 13.0 Å². The molecule has 0 aliphatic rings. The van der Waals surface area contributed by atoms with E-state index in [1.54, 1.807) is 28.9 Å². The predicted molar refractivity (Wildman–Crippen MR) is 101 cm³/mol. The molecule has 2 amide bonds. The number of hydrogen-bond donors (Lipinski definition) is 2. The molecule has 0 saturated heterocycles. The Morgan fingerprint density at radius 2 is 1.72 bits per heavy atom. The summed E-state index contributed by atoms with van der Waals surface area (Å²) in [5.41, 5.74) is 2.30. The standard InChI is InChI=1S/C18H20N4O2S/c1-10(2)16(23)19-12-5-7-13(8-6-12)20-17(24)15-9-14-11(3)21-22(4)18(14)25-15/h5-10H,1-4H3,(H,19,23)(H,20,24). The first-order valence-electron chi connectivity index (χ1n) is 8.00. The van der Waals surface area contributed by atoms with E-state index in [0.29, 0.717) is 16.3 Å². The molecule has 0 aliphatic carbocycles. The topological polar surface area (TPSA) is 76.0 Å². The highest BCUT2D eigenvalue weighted by Crippen LogP contribution is 2.28. The molecular weight excluding hydrogens is 336 g/mol. The third-order valence-electron chi connectivity index (χ3n) is 3.85. The molecule has 0 aliphatic heterocycles. The van der Waals surface area contributed by atoms with Gasteiger partial charge in [0.05, 0.1) is 10.6 Å². The van der Waals surface area contributed by atoms with Gasteiger partial charge in [0, 0.05) is 29.7 Å². The first-order chi connectivity index (χ1) is 11.8. The van der Waals surface area contributed by atoms with Gasteiger partial charge in [-0.05, 0) is 37.3 Å². The molecule has 2 N–H and O–H groups in total. The Balaban J connectivity index is 1.71. The van der Waals surface area contributed by atoms with Crippen molar-refractivity contribution in [2.45, 2.75) is 20.8 Å². The minimum Gasteiger partial charge on any atom is -0.326 e. The van der Waals surface area contributed by atoms with Gasteiger partial charge in [-0.3, -0.25) is 14.3 Å². The van der Waals surface area contributed by atoms with Crippen LogP contribution in [0.1, 0.15) is 29.2 Å². The second-order valence-electron chi connectivity index (χ2n) is 6.21. The highest BCUT2D eigenvalue weighted by molar-refractivity contribution is 7.20. The van der Waals surface area contributed by atoms with Gasteiger partial charge in [-0.2, -0.15) is 5.10 Å². The monoisotopic (exact) mass is 356 g/mol. The van der Waals surface area contributed by atoms with Gasteiger partial charge in [0.2, 0.25) is 5.91 Å². The lowest BCUT2D eigenvalue weighted by atomic mass is 10.2. The van der Waals surface area contributed by atoms with E-state index in [9.17, 15) is 9.59 Å². The summed E-state index contributed by atoms with van der Waals surface area (Å²) in [6.07, 6.45) is 0. The second kappa shape index (κ2) is 6.68. The van der Waals surface area contributed by atoms with Gasteiger partial charge in [-0.1, -0.05) is 13.8 Å². The van der Waals surface area contributed by atoms with E-state index in [1.807, 2.05) is 33.9 Å². The molecule has 0 bridgehead atoms. The summed E-state index contributed by atoms with van der Waals surface area (Å²) in [5.74, 6) is -0.268. The summed E-state index contributed by atoms with van der Waals surface area (Å²) in [6, 6.07) is 8.96. The number of rotatable bonds is 4. The Morgan fingerprint density at radius 1 is 1.12 bits per heavy atom. The van der Waals surface area contributed by atoms with Crippen LogP contribution in [-0.4, -0.2) is 21.6 Å². The van der Waals surface area contributed by atoms with Crippen LogP contribution in [0, 0.1) is 12.8 Å². The van der Waals surface area contributed by atoms with E-state index in [0.717, 1.165) is 15.9 Å². The van der Waals surface area contributed by atoms with Crippen LogP contribution in [-0.2, 0) is 11.8 Å². The molecule has 0 radical (unpaired) electrons. The average molecular weight is 356 g/mol. The Morgan fingerprint density at radius 3 is 2.28 bits per heavy atom. The molecule has 7 heteroatoms. The van der Waals surface area contributed by atoms with E-state index in [2.05, 4.69) is 15.7 Å². The molecule has 0 saturated carbocycles. The van der Waals surface area contributed by atoms with Crippen molar-refractivity contribution in [2.75, 3.05) is 10.6 Å². The smallest absolute Gasteiger partial charge is 0.265 e. The average Bonchev–Trinajstić information content (AvgIpc) is 3.11. The Kier molecular flexibility index (Phi) is 4.59. The fourth-order valence-corrected chi connectivity index (χ4v) is 3.45. The number of aromatic nitrogens is 2. The van der Waals surface area contributed by atoms with Crippen LogP contribution < -0.4 is 10.6 Å². The Bertz CT molecular complexity index is 904. The van der Waals surface area contributed by atoms with Gasteiger partial charge < -0.3 is 10.6 Å². The molecule has 1 aromatic carbocycles. The van der Waals surface area contributed by atoms with Gasteiger partial charge in [-0.25, -0.2) is 0 Å². The number of nitrogens with one attached hydrogen (secondary N) is 2. The maximum atomic E-state index is 12.5. The lowest BCUT2D eigenvalue weighted by molar-refractivity contribution is -0.118. The number of carbonyl (C=O) groups excluding carboxylic acids is 2. The van der Waals surface area contributed by atoms with Crippen molar-refractivity contribution in [1.82, 2.24) is 9.78 Å². The van der Waals surface area contributed by atoms with Crippen molar-refractivity contribution in [1.29, 1.82) is 0 Å². The first kappa shape index (κ1) is 17.2. The zero-order chi connectivity index (χ0) is 18.1. The van der Waals surface area contributed by atoms with Gasteiger partial charge in [-0.15, -0.1) is 11.3 Å². The summed E-state index contributed by atoms with van der Waals surface area (Å²) >= 11 is 1.42. The zero-order valence-electron chi connectivity index (χ0n) is 14.6. The van der Waals surface area contributed by atoms with E-state index >= 15 is 0 Å². The van der Waals surface area contributed by atoms with Gasteiger partial charge >= 0.3 is 0 Å². The SMILES string of the molecule is Cc1nn(C)c2sc(C(=O)Nc3ccc(NC(=O)C(C)C)cc3)cc12. The summed E-state index contributed by atoms with van der Waals surface area (Å²) < 4.78 is 1.79. The minimum atomic E-state index is -0.153. The minimum absolute atomic E-state index is 0.0361. The van der Waals surface area contributed by atoms with Gasteiger partial charge in [0.1, 0.15) is 4.83 Å². The van der Waals surface area contributed by atoms with Crippen LogP contribution in [0.3, 0.4) is 0 Å². The molecule has 2 aromatic heterocycles. The van der Waals surface area contributed by atoms with Gasteiger partial charge in [0.15, 0.2) is 0 Å². The quantitative estimate of drug-likeness (QED) is 0.747. The van der Waals surface area contributed by atoms with Crippen LogP contribution in [0.4, 0.5) is 11.4 Å². The fraction of sp³-hybridized carbons (Fsp3) is 0.278. The molecule has 3 aromatic rings. The van der Waals surface area contributed by atoms with E-state index < -0.39 is 0 Å². The number of anilines is 2. The summed E-state index contributed by atoms with van der Waals surface area (Å²) in [5, 5.41) is 11.0. The normalized spacial score (nSPS) is 11.1. The van der Waals surface area contributed by atoms with Crippen molar-refractivity contribution < 1.29 is 9.59 Å². The van der Waals surface area contributed by atoms with E-state index in [1.165, 1.54) is 11.3 Å². The maximum Gasteiger partial charge on any atom is 0.265 e. The summed E-state index contributed by atoms with van der Waals surface area (Å²) in [6.45, 7) is 5.61. The number of carbonyl (C=O) groups is 2. The number of thiophene rings is 1. The summed E-state index contributed by atoms with van der Waals surface area (Å²) in [4.78, 5) is 25.8. The number of aryl methyl sites for hydroxylation is 2. The fourth-order valence-electron chi connectivity index (χ4n) is 2.43. The van der Waals surface area contributed by atoms with Crippen LogP contribution in [0.2, 0.25) is 0 Å². The zero-order valence-corrected chi connectivity index (χ0v) is 15.4. The van der Waals surface area contributed by atoms with Crippen molar-refractivity contribution in [3.63, 3.8) is 0 Å². The van der Waals surface area contributed by atoms with Crippen molar-refractivity contribution in [3.8, 4) is 0 Å². The molecular formula is C18H20N4O2S. The molecule has 3 rings (SSSR count). The second-order valence-corrected chi connectivity index (χ2v) is 7.24. The lowest BCUT2D eigenvalue weighted by Gasteiger charge is -2.09. The highest BCUT2D eigenvalue weighted by atomic mass is 32.1. The highest BCUT2D eigenvalue weighted by Gasteiger charge is 2.15. The molecule has 130 valence electrons. The van der Waals surface area contributed by atoms with Crippen molar-refractivity contribution in [3.05, 3.63) is 40.9 Å². The van der Waals surface area contributed by atoms with E-state index in [-0.39, 0.29) is 17.7 Å². The third kappa shape index (κ3) is 3.56. The molecule has 0 unspecified atom stereocenters. The number of hydrogen-bond acceptors (Lipinski definition) is 4. The Labute approximate surface area is 149 Å².